The summed E-state index contributed by atoms with van der Waals surface area (Å²) in [7, 11) is 0. The third-order valence-electron chi connectivity index (χ3n) is 3.85. The lowest BCUT2D eigenvalue weighted by molar-refractivity contribution is 1.08. The molecule has 0 saturated heterocycles. The van der Waals surface area contributed by atoms with Gasteiger partial charge in [-0.1, -0.05) is 42.5 Å². The van der Waals surface area contributed by atoms with Gasteiger partial charge in [0.1, 0.15) is 0 Å². The minimum atomic E-state index is 0.770. The Morgan fingerprint density at radius 3 is 2.67 bits per heavy atom. The summed E-state index contributed by atoms with van der Waals surface area (Å²) in [5, 5.41) is 0. The van der Waals surface area contributed by atoms with E-state index in [4.69, 9.17) is 5.73 Å². The van der Waals surface area contributed by atoms with Crippen molar-refractivity contribution in [2.45, 2.75) is 20.3 Å². The first kappa shape index (κ1) is 13.4. The summed E-state index contributed by atoms with van der Waals surface area (Å²) in [6.07, 6.45) is 7.11. The molecule has 0 amide bonds. The topological polar surface area (TPSA) is 43.3 Å². The number of aryl methyl sites for hydroxylation is 2. The van der Waals surface area contributed by atoms with Gasteiger partial charge in [-0.05, 0) is 37.5 Å². The molecule has 106 valence electrons. The number of fused-ring (bicyclic) bond motifs is 1. The molecule has 0 unspecified atom stereocenters. The SMILES string of the molecule is Cc1nc2c(N)c(C/C=C/c3ccccc3)ccn2c1C. The summed E-state index contributed by atoms with van der Waals surface area (Å²) < 4.78 is 2.05. The first-order chi connectivity index (χ1) is 10.2. The Balaban J connectivity index is 1.88. The van der Waals surface area contributed by atoms with Gasteiger partial charge in [-0.15, -0.1) is 0 Å². The molecule has 3 aromatic rings. The maximum Gasteiger partial charge on any atom is 0.160 e. The van der Waals surface area contributed by atoms with Gasteiger partial charge in [0.05, 0.1) is 11.4 Å². The van der Waals surface area contributed by atoms with Crippen molar-refractivity contribution in [3.8, 4) is 0 Å². The fourth-order valence-corrected chi connectivity index (χ4v) is 2.46. The Bertz CT molecular complexity index is 798. The van der Waals surface area contributed by atoms with Gasteiger partial charge in [0.15, 0.2) is 5.65 Å². The molecular formula is C18H19N3. The number of anilines is 1. The molecule has 2 N–H and O–H groups in total. The van der Waals surface area contributed by atoms with E-state index in [9.17, 15) is 0 Å². The van der Waals surface area contributed by atoms with E-state index in [1.54, 1.807) is 0 Å². The van der Waals surface area contributed by atoms with Gasteiger partial charge in [0.2, 0.25) is 0 Å². The smallest absolute Gasteiger partial charge is 0.160 e. The molecule has 3 heteroatoms. The molecule has 2 aromatic heterocycles. The highest BCUT2D eigenvalue weighted by atomic mass is 15.0. The zero-order chi connectivity index (χ0) is 14.8. The number of hydrogen-bond donors (Lipinski definition) is 1. The highest BCUT2D eigenvalue weighted by Crippen LogP contribution is 2.22. The van der Waals surface area contributed by atoms with E-state index in [0.717, 1.165) is 34.7 Å². The summed E-state index contributed by atoms with van der Waals surface area (Å²) in [6, 6.07) is 12.3. The van der Waals surface area contributed by atoms with E-state index in [1.807, 2.05) is 31.3 Å². The number of nitrogen functional groups attached to an aromatic ring is 1. The molecule has 0 spiro atoms. The molecule has 0 fully saturated rings. The first-order valence-corrected chi connectivity index (χ1v) is 7.11. The van der Waals surface area contributed by atoms with Crippen LogP contribution in [0.3, 0.4) is 0 Å². The van der Waals surface area contributed by atoms with Crippen molar-refractivity contribution in [3.05, 3.63) is 71.2 Å². The van der Waals surface area contributed by atoms with Crippen LogP contribution in [0, 0.1) is 13.8 Å². The zero-order valence-electron chi connectivity index (χ0n) is 12.4. The van der Waals surface area contributed by atoms with Crippen LogP contribution in [0.5, 0.6) is 0 Å². The lowest BCUT2D eigenvalue weighted by Crippen LogP contribution is -1.99. The molecule has 0 atom stereocenters. The second-order valence-electron chi connectivity index (χ2n) is 5.25. The van der Waals surface area contributed by atoms with Crippen molar-refractivity contribution in [3.63, 3.8) is 0 Å². The molecule has 2 heterocycles. The van der Waals surface area contributed by atoms with Crippen LogP contribution in [0.15, 0.2) is 48.7 Å². The molecule has 0 aliphatic carbocycles. The second kappa shape index (κ2) is 5.44. The fraction of sp³-hybridized carbons (Fsp3) is 0.167. The highest BCUT2D eigenvalue weighted by molar-refractivity contribution is 5.70. The summed E-state index contributed by atoms with van der Waals surface area (Å²) >= 11 is 0. The average Bonchev–Trinajstić information content (AvgIpc) is 2.79. The first-order valence-electron chi connectivity index (χ1n) is 7.11. The molecule has 3 rings (SSSR count). The van der Waals surface area contributed by atoms with Gasteiger partial charge in [-0.2, -0.15) is 0 Å². The van der Waals surface area contributed by atoms with E-state index >= 15 is 0 Å². The summed E-state index contributed by atoms with van der Waals surface area (Å²) in [5.41, 5.74) is 12.4. The van der Waals surface area contributed by atoms with Crippen molar-refractivity contribution in [2.75, 3.05) is 5.73 Å². The minimum absolute atomic E-state index is 0.770. The van der Waals surface area contributed by atoms with E-state index in [1.165, 1.54) is 5.56 Å². The van der Waals surface area contributed by atoms with Crippen molar-refractivity contribution >= 4 is 17.4 Å². The van der Waals surface area contributed by atoms with Gasteiger partial charge in [0.25, 0.3) is 0 Å². The van der Waals surface area contributed by atoms with Crippen LogP contribution in [-0.4, -0.2) is 9.38 Å². The number of allylic oxidation sites excluding steroid dienone is 1. The Morgan fingerprint density at radius 2 is 1.90 bits per heavy atom. The largest absolute Gasteiger partial charge is 0.395 e. The predicted octanol–water partition coefficient (Wildman–Crippen LogP) is 3.79. The standard InChI is InChI=1S/C18H19N3/c1-13-14(2)21-12-11-16(17(19)18(21)20-13)10-6-9-15-7-4-3-5-8-15/h3-9,11-12H,10,19H2,1-2H3/b9-6+. The average molecular weight is 277 g/mol. The minimum Gasteiger partial charge on any atom is -0.395 e. The third-order valence-corrected chi connectivity index (χ3v) is 3.85. The van der Waals surface area contributed by atoms with Crippen LogP contribution < -0.4 is 5.73 Å². The van der Waals surface area contributed by atoms with Crippen LogP contribution >= 0.6 is 0 Å². The van der Waals surface area contributed by atoms with Crippen LogP contribution in [0.25, 0.3) is 11.7 Å². The molecule has 0 bridgehead atoms. The van der Waals surface area contributed by atoms with E-state index in [-0.39, 0.29) is 0 Å². The van der Waals surface area contributed by atoms with Crippen molar-refractivity contribution in [2.24, 2.45) is 0 Å². The monoisotopic (exact) mass is 277 g/mol. The van der Waals surface area contributed by atoms with Gasteiger partial charge < -0.3 is 10.1 Å². The Labute approximate surface area is 124 Å². The Kier molecular flexibility index (Phi) is 3.48. The highest BCUT2D eigenvalue weighted by Gasteiger charge is 2.09. The Morgan fingerprint density at radius 1 is 1.14 bits per heavy atom. The fourth-order valence-electron chi connectivity index (χ4n) is 2.46. The van der Waals surface area contributed by atoms with Gasteiger partial charge >= 0.3 is 0 Å². The summed E-state index contributed by atoms with van der Waals surface area (Å²) in [5.74, 6) is 0. The zero-order valence-corrected chi connectivity index (χ0v) is 12.4. The van der Waals surface area contributed by atoms with E-state index < -0.39 is 0 Å². The van der Waals surface area contributed by atoms with Gasteiger partial charge in [0, 0.05) is 11.9 Å². The van der Waals surface area contributed by atoms with Gasteiger partial charge in [-0.3, -0.25) is 0 Å². The number of nitrogens with zero attached hydrogens (tertiary/aromatic N) is 2. The normalized spacial score (nSPS) is 11.5. The van der Waals surface area contributed by atoms with Crippen LogP contribution in [0.2, 0.25) is 0 Å². The lowest BCUT2D eigenvalue weighted by atomic mass is 10.1. The van der Waals surface area contributed by atoms with E-state index in [0.29, 0.717) is 0 Å². The molecule has 0 aliphatic heterocycles. The molecule has 0 saturated carbocycles. The third kappa shape index (κ3) is 2.55. The number of nitrogens with two attached hydrogens (primary N) is 1. The van der Waals surface area contributed by atoms with Crippen molar-refractivity contribution < 1.29 is 0 Å². The summed E-state index contributed by atoms with van der Waals surface area (Å²) in [4.78, 5) is 4.55. The maximum atomic E-state index is 6.26. The second-order valence-corrected chi connectivity index (χ2v) is 5.25. The molecule has 0 aliphatic rings. The maximum absolute atomic E-state index is 6.26. The molecular weight excluding hydrogens is 258 g/mol. The number of rotatable bonds is 3. The van der Waals surface area contributed by atoms with Crippen molar-refractivity contribution in [1.29, 1.82) is 0 Å². The number of pyridine rings is 1. The molecule has 1 aromatic carbocycles. The number of aromatic nitrogens is 2. The summed E-state index contributed by atoms with van der Waals surface area (Å²) in [6.45, 7) is 4.07. The Hall–Kier alpha value is -2.55. The number of benzene rings is 1. The van der Waals surface area contributed by atoms with Crippen LogP contribution in [0.4, 0.5) is 5.69 Å². The quantitative estimate of drug-likeness (QED) is 0.791. The predicted molar refractivity (Wildman–Crippen MR) is 88.3 cm³/mol. The molecule has 0 radical (unpaired) electrons. The van der Waals surface area contributed by atoms with Gasteiger partial charge in [-0.25, -0.2) is 4.98 Å². The molecule has 21 heavy (non-hydrogen) atoms. The molecule has 3 nitrogen and oxygen atoms in total. The van der Waals surface area contributed by atoms with Crippen LogP contribution in [-0.2, 0) is 6.42 Å². The lowest BCUT2D eigenvalue weighted by Gasteiger charge is -2.05. The van der Waals surface area contributed by atoms with Crippen LogP contribution in [0.1, 0.15) is 22.5 Å². The van der Waals surface area contributed by atoms with Crippen molar-refractivity contribution in [1.82, 2.24) is 9.38 Å². The number of hydrogen-bond acceptors (Lipinski definition) is 2. The van der Waals surface area contributed by atoms with E-state index in [2.05, 4.69) is 46.7 Å². The number of imidazole rings is 1.